The highest BCUT2D eigenvalue weighted by atomic mass is 16.4. The summed E-state index contributed by atoms with van der Waals surface area (Å²) in [6.45, 7) is 2.05. The van der Waals surface area contributed by atoms with Gasteiger partial charge in [0.2, 0.25) is 6.41 Å². The van der Waals surface area contributed by atoms with Gasteiger partial charge in [0.1, 0.15) is 0 Å². The van der Waals surface area contributed by atoms with E-state index in [0.29, 0.717) is 6.41 Å². The number of carbonyl (C=O) groups excluding carboxylic acids is 1. The summed E-state index contributed by atoms with van der Waals surface area (Å²) in [6.07, 6.45) is 1.36. The molecule has 0 aliphatic rings. The third kappa shape index (κ3) is 3.38. The number of aliphatic carboxylic acids is 1. The fourth-order valence-electron chi connectivity index (χ4n) is 1.52. The second-order valence-corrected chi connectivity index (χ2v) is 3.53. The Morgan fingerprint density at radius 3 is 2.50 bits per heavy atom. The molecule has 1 amide bonds. The van der Waals surface area contributed by atoms with Crippen LogP contribution in [0.2, 0.25) is 0 Å². The van der Waals surface area contributed by atoms with Gasteiger partial charge in [-0.3, -0.25) is 9.59 Å². The Bertz CT molecular complexity index is 359. The van der Waals surface area contributed by atoms with Crippen molar-refractivity contribution in [2.24, 2.45) is 0 Å². The Labute approximate surface area is 94.3 Å². The number of benzene rings is 1. The molecule has 0 radical (unpaired) electrons. The molecular formula is C12H15NO3. The first-order valence-corrected chi connectivity index (χ1v) is 5.17. The fourth-order valence-corrected chi connectivity index (χ4v) is 1.52. The van der Waals surface area contributed by atoms with Crippen LogP contribution in [0.25, 0.3) is 0 Å². The summed E-state index contributed by atoms with van der Waals surface area (Å²) in [4.78, 5) is 21.0. The van der Waals surface area contributed by atoms with Gasteiger partial charge in [0.05, 0.1) is 12.5 Å². The van der Waals surface area contributed by atoms with E-state index in [9.17, 15) is 9.59 Å². The normalized spacial score (nSPS) is 11.8. The monoisotopic (exact) mass is 221 g/mol. The van der Waals surface area contributed by atoms with E-state index in [1.54, 1.807) is 0 Å². The fraction of sp³-hybridized carbons (Fsp3) is 0.333. The molecule has 0 aromatic heterocycles. The number of carboxylic acids is 1. The minimum absolute atomic E-state index is 0.107. The summed E-state index contributed by atoms with van der Waals surface area (Å²) in [5.41, 5.74) is 2.00. The zero-order valence-corrected chi connectivity index (χ0v) is 9.14. The zero-order chi connectivity index (χ0) is 12.0. The smallest absolute Gasteiger partial charge is 0.305 e. The summed E-state index contributed by atoms with van der Waals surface area (Å²) >= 11 is 0. The largest absolute Gasteiger partial charge is 0.481 e. The molecule has 0 saturated carbocycles. The molecule has 2 N–H and O–H groups in total. The number of nitrogens with one attached hydrogen (secondary N) is 1. The van der Waals surface area contributed by atoms with Gasteiger partial charge in [-0.05, 0) is 17.5 Å². The lowest BCUT2D eigenvalue weighted by Crippen LogP contribution is -2.22. The molecule has 0 bridgehead atoms. The van der Waals surface area contributed by atoms with E-state index in [2.05, 4.69) is 5.32 Å². The molecule has 0 fully saturated rings. The van der Waals surface area contributed by atoms with Crippen LogP contribution in [0.15, 0.2) is 24.3 Å². The van der Waals surface area contributed by atoms with Crippen LogP contribution in [0.1, 0.15) is 30.5 Å². The Balaban J connectivity index is 2.82. The molecule has 1 rings (SSSR count). The number of hydrogen-bond donors (Lipinski definition) is 2. The van der Waals surface area contributed by atoms with Gasteiger partial charge < -0.3 is 10.4 Å². The molecule has 4 heteroatoms. The van der Waals surface area contributed by atoms with Crippen molar-refractivity contribution >= 4 is 12.4 Å². The van der Waals surface area contributed by atoms with Crippen LogP contribution in [0, 0.1) is 0 Å². The highest BCUT2D eigenvalue weighted by molar-refractivity contribution is 5.68. The van der Waals surface area contributed by atoms with Crippen LogP contribution in [-0.4, -0.2) is 17.5 Å². The highest BCUT2D eigenvalue weighted by Gasteiger charge is 2.14. The topological polar surface area (TPSA) is 66.4 Å². The molecule has 1 aromatic carbocycles. The lowest BCUT2D eigenvalue weighted by Gasteiger charge is -2.14. The lowest BCUT2D eigenvalue weighted by atomic mass is 10.0. The average Bonchev–Trinajstić information content (AvgIpc) is 2.28. The lowest BCUT2D eigenvalue weighted by molar-refractivity contribution is -0.137. The molecule has 1 atom stereocenters. The predicted molar refractivity (Wildman–Crippen MR) is 60.0 cm³/mol. The number of carbonyl (C=O) groups is 2. The minimum Gasteiger partial charge on any atom is -0.481 e. The number of rotatable bonds is 6. The molecule has 0 spiro atoms. The maximum absolute atomic E-state index is 10.6. The van der Waals surface area contributed by atoms with E-state index in [-0.39, 0.29) is 6.42 Å². The second-order valence-electron chi connectivity index (χ2n) is 3.53. The SMILES string of the molecule is CCc1ccc([C@H](CC(=O)O)NC=O)cc1. The van der Waals surface area contributed by atoms with Crippen molar-refractivity contribution in [2.45, 2.75) is 25.8 Å². The van der Waals surface area contributed by atoms with Crippen molar-refractivity contribution in [3.05, 3.63) is 35.4 Å². The van der Waals surface area contributed by atoms with Crippen LogP contribution in [-0.2, 0) is 16.0 Å². The highest BCUT2D eigenvalue weighted by Crippen LogP contribution is 2.17. The zero-order valence-electron chi connectivity index (χ0n) is 9.14. The Morgan fingerprint density at radius 1 is 1.44 bits per heavy atom. The van der Waals surface area contributed by atoms with E-state index < -0.39 is 12.0 Å². The van der Waals surface area contributed by atoms with Crippen LogP contribution < -0.4 is 5.32 Å². The van der Waals surface area contributed by atoms with Crippen molar-refractivity contribution in [3.63, 3.8) is 0 Å². The van der Waals surface area contributed by atoms with Gasteiger partial charge >= 0.3 is 5.97 Å². The molecule has 0 heterocycles. The van der Waals surface area contributed by atoms with Crippen molar-refractivity contribution < 1.29 is 14.7 Å². The van der Waals surface area contributed by atoms with Gasteiger partial charge in [-0.15, -0.1) is 0 Å². The third-order valence-corrected chi connectivity index (χ3v) is 2.44. The molecule has 0 saturated heterocycles. The molecular weight excluding hydrogens is 206 g/mol. The second kappa shape index (κ2) is 5.90. The van der Waals surface area contributed by atoms with Crippen LogP contribution >= 0.6 is 0 Å². The van der Waals surface area contributed by atoms with E-state index in [1.807, 2.05) is 31.2 Å². The first kappa shape index (κ1) is 12.2. The first-order valence-electron chi connectivity index (χ1n) is 5.17. The summed E-state index contributed by atoms with van der Waals surface area (Å²) in [5, 5.41) is 11.2. The summed E-state index contributed by atoms with van der Waals surface area (Å²) in [6, 6.07) is 7.13. The minimum atomic E-state index is -0.932. The van der Waals surface area contributed by atoms with Crippen LogP contribution in [0.5, 0.6) is 0 Å². The number of aryl methyl sites for hydroxylation is 1. The van der Waals surface area contributed by atoms with Crippen LogP contribution in [0.3, 0.4) is 0 Å². The quantitative estimate of drug-likeness (QED) is 0.715. The maximum atomic E-state index is 10.6. The van der Waals surface area contributed by atoms with Crippen molar-refractivity contribution in [1.82, 2.24) is 5.32 Å². The molecule has 0 unspecified atom stereocenters. The van der Waals surface area contributed by atoms with Gasteiger partial charge in [0.15, 0.2) is 0 Å². The Kier molecular flexibility index (Phi) is 4.51. The van der Waals surface area contributed by atoms with Gasteiger partial charge in [-0.1, -0.05) is 31.2 Å². The molecule has 0 aliphatic heterocycles. The molecule has 86 valence electrons. The van der Waals surface area contributed by atoms with Gasteiger partial charge in [-0.2, -0.15) is 0 Å². The van der Waals surface area contributed by atoms with Gasteiger partial charge in [0, 0.05) is 0 Å². The van der Waals surface area contributed by atoms with Crippen LogP contribution in [0.4, 0.5) is 0 Å². The number of amides is 1. The molecule has 0 aliphatic carbocycles. The van der Waals surface area contributed by atoms with Crippen molar-refractivity contribution in [2.75, 3.05) is 0 Å². The van der Waals surface area contributed by atoms with E-state index in [4.69, 9.17) is 5.11 Å². The van der Waals surface area contributed by atoms with E-state index in [0.717, 1.165) is 12.0 Å². The molecule has 4 nitrogen and oxygen atoms in total. The average molecular weight is 221 g/mol. The van der Waals surface area contributed by atoms with Gasteiger partial charge in [-0.25, -0.2) is 0 Å². The molecule has 16 heavy (non-hydrogen) atoms. The third-order valence-electron chi connectivity index (χ3n) is 2.44. The standard InChI is InChI=1S/C12H15NO3/c1-2-9-3-5-10(6-4-9)11(13-8-14)7-12(15)16/h3-6,8,11H,2,7H2,1H3,(H,13,14)(H,15,16)/t11-/m0/s1. The number of hydrogen-bond acceptors (Lipinski definition) is 2. The summed E-state index contributed by atoms with van der Waals surface area (Å²) in [5.74, 6) is -0.932. The van der Waals surface area contributed by atoms with Crippen molar-refractivity contribution in [3.8, 4) is 0 Å². The Morgan fingerprint density at radius 2 is 2.06 bits per heavy atom. The van der Waals surface area contributed by atoms with Crippen molar-refractivity contribution in [1.29, 1.82) is 0 Å². The summed E-state index contributed by atoms with van der Waals surface area (Å²) in [7, 11) is 0. The Hall–Kier alpha value is -1.84. The predicted octanol–water partition coefficient (Wildman–Crippen LogP) is 1.51. The van der Waals surface area contributed by atoms with Gasteiger partial charge in [0.25, 0.3) is 0 Å². The maximum Gasteiger partial charge on any atom is 0.305 e. The van der Waals surface area contributed by atoms with E-state index >= 15 is 0 Å². The van der Waals surface area contributed by atoms with E-state index in [1.165, 1.54) is 5.56 Å². The molecule has 1 aromatic rings. The summed E-state index contributed by atoms with van der Waals surface area (Å²) < 4.78 is 0. The number of carboxylic acid groups (broad SMARTS) is 1. The first-order chi connectivity index (χ1) is 7.67.